The van der Waals surface area contributed by atoms with E-state index in [4.69, 9.17) is 0 Å². The maximum absolute atomic E-state index is 12.2. The van der Waals surface area contributed by atoms with Crippen molar-refractivity contribution in [2.24, 2.45) is 5.92 Å². The Hall–Kier alpha value is -1.88. The van der Waals surface area contributed by atoms with Gasteiger partial charge in [-0.15, -0.1) is 0 Å². The third-order valence-electron chi connectivity index (χ3n) is 3.88. The number of carbonyl (C=O) groups excluding carboxylic acids is 2. The van der Waals surface area contributed by atoms with Crippen LogP contribution in [0.15, 0.2) is 18.2 Å². The second-order valence-corrected chi connectivity index (χ2v) is 5.56. The molecule has 122 valence electrons. The van der Waals surface area contributed by atoms with E-state index in [1.165, 1.54) is 6.92 Å². The molecule has 0 radical (unpaired) electrons. The summed E-state index contributed by atoms with van der Waals surface area (Å²) in [6.45, 7) is 7.58. The Bertz CT molecular complexity index is 525. The van der Waals surface area contributed by atoms with Crippen LogP contribution in [0.25, 0.3) is 0 Å². The highest BCUT2D eigenvalue weighted by molar-refractivity contribution is 5.97. The number of rotatable bonds is 7. The average Bonchev–Trinajstić information content (AvgIpc) is 2.47. The van der Waals surface area contributed by atoms with Crippen LogP contribution in [0.1, 0.15) is 49.5 Å². The number of carbonyl (C=O) groups is 2. The molecule has 0 aromatic heterocycles. The summed E-state index contributed by atoms with van der Waals surface area (Å²) in [5, 5.41) is 15.5. The van der Waals surface area contributed by atoms with Crippen LogP contribution in [0.4, 0.5) is 5.69 Å². The molecule has 1 unspecified atom stereocenters. The lowest BCUT2D eigenvalue weighted by Gasteiger charge is -2.20. The van der Waals surface area contributed by atoms with Crippen molar-refractivity contribution in [3.05, 3.63) is 29.3 Å². The van der Waals surface area contributed by atoms with Gasteiger partial charge in [0.25, 0.3) is 5.91 Å². The molecule has 1 rings (SSSR count). The van der Waals surface area contributed by atoms with Crippen molar-refractivity contribution in [2.45, 2.75) is 46.6 Å². The van der Waals surface area contributed by atoms with Crippen LogP contribution in [0, 0.1) is 12.8 Å². The lowest BCUT2D eigenvalue weighted by molar-refractivity contribution is -0.114. The molecule has 0 bridgehead atoms. The molecule has 3 N–H and O–H groups in total. The minimum absolute atomic E-state index is 0.176. The van der Waals surface area contributed by atoms with Crippen molar-refractivity contribution >= 4 is 17.5 Å². The van der Waals surface area contributed by atoms with E-state index in [2.05, 4.69) is 10.6 Å². The molecule has 0 aliphatic heterocycles. The fraction of sp³-hybridized carbons (Fsp3) is 0.529. The van der Waals surface area contributed by atoms with Crippen molar-refractivity contribution in [1.82, 2.24) is 5.32 Å². The number of anilines is 1. The standard InChI is InChI=1S/C17H26N2O3/c1-5-13(6-2)16(21)10-18-17(22)14-8-7-11(3)15(9-14)19-12(4)20/h7-9,13,16,21H,5-6,10H2,1-4H3,(H,18,22)(H,19,20). The molecule has 0 spiro atoms. The summed E-state index contributed by atoms with van der Waals surface area (Å²) in [6.07, 6.45) is 1.22. The molecule has 0 aliphatic rings. The number of hydrogen-bond acceptors (Lipinski definition) is 3. The molecular weight excluding hydrogens is 280 g/mol. The zero-order chi connectivity index (χ0) is 16.7. The van der Waals surface area contributed by atoms with Gasteiger partial charge in [-0.05, 0) is 30.5 Å². The van der Waals surface area contributed by atoms with Gasteiger partial charge in [0.05, 0.1) is 6.10 Å². The molecule has 1 aromatic carbocycles. The van der Waals surface area contributed by atoms with Crippen LogP contribution in [0.5, 0.6) is 0 Å². The Morgan fingerprint density at radius 2 is 1.86 bits per heavy atom. The first-order valence-electron chi connectivity index (χ1n) is 7.73. The molecule has 5 heteroatoms. The number of aliphatic hydroxyl groups excluding tert-OH is 1. The zero-order valence-corrected chi connectivity index (χ0v) is 13.8. The van der Waals surface area contributed by atoms with Crippen molar-refractivity contribution < 1.29 is 14.7 Å². The molecule has 1 atom stereocenters. The van der Waals surface area contributed by atoms with Gasteiger partial charge in [0, 0.05) is 24.7 Å². The van der Waals surface area contributed by atoms with Crippen molar-refractivity contribution in [3.63, 3.8) is 0 Å². The fourth-order valence-corrected chi connectivity index (χ4v) is 2.39. The number of nitrogens with one attached hydrogen (secondary N) is 2. The Morgan fingerprint density at radius 1 is 1.23 bits per heavy atom. The number of aliphatic hydroxyl groups is 1. The van der Waals surface area contributed by atoms with E-state index in [1.807, 2.05) is 20.8 Å². The Balaban J connectivity index is 2.71. The monoisotopic (exact) mass is 306 g/mol. The van der Waals surface area contributed by atoms with Crippen LogP contribution in [0.2, 0.25) is 0 Å². The molecule has 0 heterocycles. The van der Waals surface area contributed by atoms with Gasteiger partial charge >= 0.3 is 0 Å². The summed E-state index contributed by atoms with van der Waals surface area (Å²) >= 11 is 0. The summed E-state index contributed by atoms with van der Waals surface area (Å²) in [5.74, 6) is -0.241. The van der Waals surface area contributed by atoms with Gasteiger partial charge in [0.1, 0.15) is 0 Å². The van der Waals surface area contributed by atoms with Gasteiger partial charge in [-0.3, -0.25) is 9.59 Å². The van der Waals surface area contributed by atoms with E-state index in [0.717, 1.165) is 18.4 Å². The van der Waals surface area contributed by atoms with E-state index in [1.54, 1.807) is 18.2 Å². The summed E-state index contributed by atoms with van der Waals surface area (Å²) < 4.78 is 0. The topological polar surface area (TPSA) is 78.4 Å². The summed E-state index contributed by atoms with van der Waals surface area (Å²) in [6, 6.07) is 5.15. The van der Waals surface area contributed by atoms with Crippen LogP contribution in [0.3, 0.4) is 0 Å². The highest BCUT2D eigenvalue weighted by Crippen LogP contribution is 2.17. The predicted octanol–water partition coefficient (Wildman–Crippen LogP) is 2.48. The first kappa shape index (κ1) is 18.2. The maximum Gasteiger partial charge on any atom is 0.251 e. The normalized spacial score (nSPS) is 12.1. The lowest BCUT2D eigenvalue weighted by atomic mass is 9.96. The largest absolute Gasteiger partial charge is 0.391 e. The van der Waals surface area contributed by atoms with Gasteiger partial charge < -0.3 is 15.7 Å². The molecule has 1 aromatic rings. The lowest BCUT2D eigenvalue weighted by Crippen LogP contribution is -2.36. The van der Waals surface area contributed by atoms with E-state index in [9.17, 15) is 14.7 Å². The maximum atomic E-state index is 12.2. The Morgan fingerprint density at radius 3 is 2.41 bits per heavy atom. The minimum Gasteiger partial charge on any atom is -0.391 e. The molecule has 0 aliphatic carbocycles. The third kappa shape index (κ3) is 5.15. The number of hydrogen-bond donors (Lipinski definition) is 3. The van der Waals surface area contributed by atoms with Gasteiger partial charge in [-0.25, -0.2) is 0 Å². The van der Waals surface area contributed by atoms with Gasteiger partial charge in [-0.2, -0.15) is 0 Å². The second-order valence-electron chi connectivity index (χ2n) is 5.56. The first-order valence-corrected chi connectivity index (χ1v) is 7.73. The van der Waals surface area contributed by atoms with Crippen LogP contribution in [-0.4, -0.2) is 29.6 Å². The van der Waals surface area contributed by atoms with Gasteiger partial charge in [-0.1, -0.05) is 32.8 Å². The smallest absolute Gasteiger partial charge is 0.251 e. The minimum atomic E-state index is -0.542. The Labute approximate surface area is 132 Å². The molecule has 0 fully saturated rings. The molecule has 0 saturated heterocycles. The van der Waals surface area contributed by atoms with Crippen molar-refractivity contribution in [2.75, 3.05) is 11.9 Å². The van der Waals surface area contributed by atoms with E-state index in [0.29, 0.717) is 11.3 Å². The van der Waals surface area contributed by atoms with Crippen LogP contribution < -0.4 is 10.6 Å². The van der Waals surface area contributed by atoms with E-state index >= 15 is 0 Å². The highest BCUT2D eigenvalue weighted by atomic mass is 16.3. The first-order chi connectivity index (χ1) is 10.4. The summed E-state index contributed by atoms with van der Waals surface area (Å²) in [4.78, 5) is 23.3. The molecular formula is C17H26N2O3. The molecule has 5 nitrogen and oxygen atoms in total. The van der Waals surface area contributed by atoms with E-state index in [-0.39, 0.29) is 24.3 Å². The van der Waals surface area contributed by atoms with Crippen LogP contribution in [-0.2, 0) is 4.79 Å². The second kappa shape index (κ2) is 8.54. The number of benzene rings is 1. The molecule has 2 amide bonds. The van der Waals surface area contributed by atoms with Crippen LogP contribution >= 0.6 is 0 Å². The zero-order valence-electron chi connectivity index (χ0n) is 13.8. The average molecular weight is 306 g/mol. The summed E-state index contributed by atoms with van der Waals surface area (Å²) in [5.41, 5.74) is 1.98. The predicted molar refractivity (Wildman–Crippen MR) is 87.9 cm³/mol. The van der Waals surface area contributed by atoms with Gasteiger partial charge in [0.2, 0.25) is 5.91 Å². The molecule has 22 heavy (non-hydrogen) atoms. The van der Waals surface area contributed by atoms with Crippen molar-refractivity contribution in [3.8, 4) is 0 Å². The summed E-state index contributed by atoms with van der Waals surface area (Å²) in [7, 11) is 0. The SMILES string of the molecule is CCC(CC)C(O)CNC(=O)c1ccc(C)c(NC(C)=O)c1. The highest BCUT2D eigenvalue weighted by Gasteiger charge is 2.17. The molecule has 0 saturated carbocycles. The number of aryl methyl sites for hydroxylation is 1. The van der Waals surface area contributed by atoms with Gasteiger partial charge in [0.15, 0.2) is 0 Å². The van der Waals surface area contributed by atoms with Crippen molar-refractivity contribution in [1.29, 1.82) is 0 Å². The number of amides is 2. The third-order valence-corrected chi connectivity index (χ3v) is 3.88. The quantitative estimate of drug-likeness (QED) is 0.724. The Kier molecular flexibility index (Phi) is 7.05. The van der Waals surface area contributed by atoms with E-state index < -0.39 is 6.10 Å². The fourth-order valence-electron chi connectivity index (χ4n) is 2.39.